The van der Waals surface area contributed by atoms with Crippen molar-refractivity contribution in [3.63, 3.8) is 0 Å². The normalized spacial score (nSPS) is 16.1. The first-order valence-electron chi connectivity index (χ1n) is 9.00. The van der Waals surface area contributed by atoms with Crippen molar-refractivity contribution in [2.75, 3.05) is 5.32 Å². The SMILES string of the molecule is O=C(CC[C@H]1CCCc2ccccc21)Nc1n[nH]c(-c2ccncc2)n1. The fourth-order valence-electron chi connectivity index (χ4n) is 3.60. The van der Waals surface area contributed by atoms with Crippen molar-refractivity contribution in [1.29, 1.82) is 0 Å². The third kappa shape index (κ3) is 3.64. The highest BCUT2D eigenvalue weighted by molar-refractivity contribution is 5.89. The molecule has 0 saturated carbocycles. The van der Waals surface area contributed by atoms with Gasteiger partial charge in [-0.3, -0.25) is 20.2 Å². The number of pyridine rings is 1. The van der Waals surface area contributed by atoms with Crippen molar-refractivity contribution in [2.45, 2.75) is 38.0 Å². The number of aryl methyl sites for hydroxylation is 1. The van der Waals surface area contributed by atoms with Crippen LogP contribution in [0.25, 0.3) is 11.4 Å². The topological polar surface area (TPSA) is 83.6 Å². The molecule has 2 aromatic heterocycles. The number of fused-ring (bicyclic) bond motifs is 1. The number of H-pyrrole nitrogens is 1. The first kappa shape index (κ1) is 16.4. The molecule has 2 N–H and O–H groups in total. The Morgan fingerprint density at radius 3 is 2.92 bits per heavy atom. The molecule has 0 spiro atoms. The Kier molecular flexibility index (Phi) is 4.73. The third-order valence-corrected chi connectivity index (χ3v) is 4.90. The zero-order chi connectivity index (χ0) is 17.8. The Bertz CT molecular complexity index is 890. The van der Waals surface area contributed by atoms with E-state index >= 15 is 0 Å². The second kappa shape index (κ2) is 7.47. The number of carbonyl (C=O) groups excluding carboxylic acids is 1. The standard InChI is InChI=1S/C20H21N5O/c26-18(9-8-15-6-3-5-14-4-1-2-7-17(14)15)22-20-23-19(24-25-20)16-10-12-21-13-11-16/h1-2,4,7,10-13,15H,3,5-6,8-9H2,(H2,22,23,24,25,26)/t15-/m1/s1. The van der Waals surface area contributed by atoms with Gasteiger partial charge in [0, 0.05) is 24.4 Å². The molecule has 0 saturated heterocycles. The summed E-state index contributed by atoms with van der Waals surface area (Å²) in [7, 11) is 0. The lowest BCUT2D eigenvalue weighted by molar-refractivity contribution is -0.116. The van der Waals surface area contributed by atoms with Crippen molar-refractivity contribution in [3.05, 3.63) is 59.9 Å². The average Bonchev–Trinajstić information content (AvgIpc) is 3.15. The number of aromatic amines is 1. The summed E-state index contributed by atoms with van der Waals surface area (Å²) in [4.78, 5) is 20.6. The van der Waals surface area contributed by atoms with E-state index in [0.29, 0.717) is 24.1 Å². The molecule has 4 rings (SSSR count). The lowest BCUT2D eigenvalue weighted by Gasteiger charge is -2.25. The number of aromatic nitrogens is 4. The third-order valence-electron chi connectivity index (χ3n) is 4.90. The molecule has 1 aliphatic carbocycles. The van der Waals surface area contributed by atoms with Crippen molar-refractivity contribution in [1.82, 2.24) is 20.2 Å². The summed E-state index contributed by atoms with van der Waals surface area (Å²) < 4.78 is 0. The summed E-state index contributed by atoms with van der Waals surface area (Å²) in [5, 5.41) is 9.70. The monoisotopic (exact) mass is 347 g/mol. The van der Waals surface area contributed by atoms with Gasteiger partial charge in [-0.2, -0.15) is 4.98 Å². The van der Waals surface area contributed by atoms with Gasteiger partial charge in [0.15, 0.2) is 5.82 Å². The minimum absolute atomic E-state index is 0.0478. The van der Waals surface area contributed by atoms with E-state index in [2.05, 4.69) is 49.7 Å². The van der Waals surface area contributed by atoms with Crippen LogP contribution in [0.15, 0.2) is 48.8 Å². The molecular weight excluding hydrogens is 326 g/mol. The minimum atomic E-state index is -0.0478. The highest BCUT2D eigenvalue weighted by atomic mass is 16.1. The number of carbonyl (C=O) groups is 1. The van der Waals surface area contributed by atoms with E-state index in [1.54, 1.807) is 12.4 Å². The maximum Gasteiger partial charge on any atom is 0.249 e. The molecule has 0 unspecified atom stereocenters. The summed E-state index contributed by atoms with van der Waals surface area (Å²) in [6, 6.07) is 12.3. The average molecular weight is 347 g/mol. The molecule has 0 radical (unpaired) electrons. The number of benzene rings is 1. The van der Waals surface area contributed by atoms with Gasteiger partial charge in [-0.1, -0.05) is 24.3 Å². The molecular formula is C20H21N5O. The van der Waals surface area contributed by atoms with E-state index in [9.17, 15) is 4.79 Å². The molecule has 6 nitrogen and oxygen atoms in total. The maximum absolute atomic E-state index is 12.3. The van der Waals surface area contributed by atoms with Crippen molar-refractivity contribution < 1.29 is 4.79 Å². The van der Waals surface area contributed by atoms with Gasteiger partial charge in [0.1, 0.15) is 0 Å². The molecule has 0 fully saturated rings. The first-order chi connectivity index (χ1) is 12.8. The summed E-state index contributed by atoms with van der Waals surface area (Å²) in [6.45, 7) is 0. The van der Waals surface area contributed by atoms with Gasteiger partial charge in [-0.05, 0) is 54.9 Å². The van der Waals surface area contributed by atoms with Gasteiger partial charge in [0.05, 0.1) is 0 Å². The van der Waals surface area contributed by atoms with E-state index < -0.39 is 0 Å². The maximum atomic E-state index is 12.3. The van der Waals surface area contributed by atoms with Gasteiger partial charge in [-0.15, -0.1) is 5.10 Å². The van der Waals surface area contributed by atoms with Gasteiger partial charge in [0.2, 0.25) is 11.9 Å². The molecule has 6 heteroatoms. The van der Waals surface area contributed by atoms with E-state index in [1.165, 1.54) is 17.5 Å². The zero-order valence-electron chi connectivity index (χ0n) is 14.5. The second-order valence-electron chi connectivity index (χ2n) is 6.62. The van der Waals surface area contributed by atoms with Crippen molar-refractivity contribution in [3.8, 4) is 11.4 Å². The Morgan fingerprint density at radius 2 is 2.04 bits per heavy atom. The van der Waals surface area contributed by atoms with E-state index in [4.69, 9.17) is 0 Å². The predicted octanol–water partition coefficient (Wildman–Crippen LogP) is 3.71. The molecule has 0 aliphatic heterocycles. The second-order valence-corrected chi connectivity index (χ2v) is 6.62. The quantitative estimate of drug-likeness (QED) is 0.737. The van der Waals surface area contributed by atoms with Crippen LogP contribution in [0.4, 0.5) is 5.95 Å². The molecule has 1 aliphatic rings. The molecule has 132 valence electrons. The molecule has 1 aromatic carbocycles. The van der Waals surface area contributed by atoms with E-state index in [1.807, 2.05) is 12.1 Å². The van der Waals surface area contributed by atoms with Gasteiger partial charge in [-0.25, -0.2) is 0 Å². The number of rotatable bonds is 5. The van der Waals surface area contributed by atoms with Crippen LogP contribution >= 0.6 is 0 Å². The molecule has 1 atom stereocenters. The van der Waals surface area contributed by atoms with E-state index in [0.717, 1.165) is 24.8 Å². The Morgan fingerprint density at radius 1 is 1.19 bits per heavy atom. The van der Waals surface area contributed by atoms with Gasteiger partial charge in [0.25, 0.3) is 0 Å². The lowest BCUT2D eigenvalue weighted by atomic mass is 9.80. The zero-order valence-corrected chi connectivity index (χ0v) is 14.5. The highest BCUT2D eigenvalue weighted by Gasteiger charge is 2.20. The smallest absolute Gasteiger partial charge is 0.249 e. The minimum Gasteiger partial charge on any atom is -0.293 e. The van der Waals surface area contributed by atoms with Crippen LogP contribution < -0.4 is 5.32 Å². The lowest BCUT2D eigenvalue weighted by Crippen LogP contribution is -2.16. The largest absolute Gasteiger partial charge is 0.293 e. The van der Waals surface area contributed by atoms with Crippen LogP contribution in [-0.4, -0.2) is 26.1 Å². The number of hydrogen-bond acceptors (Lipinski definition) is 4. The Balaban J connectivity index is 1.35. The number of hydrogen-bond donors (Lipinski definition) is 2. The molecule has 26 heavy (non-hydrogen) atoms. The molecule has 0 bridgehead atoms. The van der Waals surface area contributed by atoms with Crippen LogP contribution in [0, 0.1) is 0 Å². The Hall–Kier alpha value is -3.02. The van der Waals surface area contributed by atoms with Crippen LogP contribution in [-0.2, 0) is 11.2 Å². The van der Waals surface area contributed by atoms with Crippen LogP contribution in [0.2, 0.25) is 0 Å². The number of nitrogens with one attached hydrogen (secondary N) is 2. The number of nitrogens with zero attached hydrogens (tertiary/aromatic N) is 3. The highest BCUT2D eigenvalue weighted by Crippen LogP contribution is 2.34. The number of anilines is 1. The summed E-state index contributed by atoms with van der Waals surface area (Å²) >= 11 is 0. The fourth-order valence-corrected chi connectivity index (χ4v) is 3.60. The first-order valence-corrected chi connectivity index (χ1v) is 9.00. The summed E-state index contributed by atoms with van der Waals surface area (Å²) in [5.74, 6) is 1.34. The Labute approximate surface area is 152 Å². The van der Waals surface area contributed by atoms with Gasteiger partial charge >= 0.3 is 0 Å². The fraction of sp³-hybridized carbons (Fsp3) is 0.300. The predicted molar refractivity (Wildman–Crippen MR) is 99.6 cm³/mol. The molecule has 1 amide bonds. The van der Waals surface area contributed by atoms with Gasteiger partial charge < -0.3 is 0 Å². The van der Waals surface area contributed by atoms with Crippen molar-refractivity contribution in [2.24, 2.45) is 0 Å². The summed E-state index contributed by atoms with van der Waals surface area (Å²) in [6.07, 6.45) is 8.20. The van der Waals surface area contributed by atoms with E-state index in [-0.39, 0.29) is 5.91 Å². The molecule has 3 aromatic rings. The van der Waals surface area contributed by atoms with Crippen LogP contribution in [0.3, 0.4) is 0 Å². The molecule has 2 heterocycles. The summed E-state index contributed by atoms with van der Waals surface area (Å²) in [5.41, 5.74) is 3.72. The number of amides is 1. The van der Waals surface area contributed by atoms with Crippen LogP contribution in [0.1, 0.15) is 42.7 Å². The van der Waals surface area contributed by atoms with Crippen molar-refractivity contribution >= 4 is 11.9 Å². The van der Waals surface area contributed by atoms with Crippen LogP contribution in [0.5, 0.6) is 0 Å².